The summed E-state index contributed by atoms with van der Waals surface area (Å²) in [6.07, 6.45) is 1.26. The number of aryl methyl sites for hydroxylation is 5. The van der Waals surface area contributed by atoms with Crippen LogP contribution in [0.4, 0.5) is 5.69 Å². The standard InChI is InChI=1S/C22H23N5O2S/c1-13-10-14(2)21(15(3)11-13)25-19(28)12-30-22-27-26-20(29-22)9-8-18-23-16-6-4-5-7-17(16)24-18/h4-7,10-11H,8-9,12H2,1-3H3,(H,23,24)(H,25,28). The van der Waals surface area contributed by atoms with Crippen molar-refractivity contribution in [3.63, 3.8) is 0 Å². The predicted molar refractivity (Wildman–Crippen MR) is 118 cm³/mol. The van der Waals surface area contributed by atoms with Gasteiger partial charge in [0.15, 0.2) is 0 Å². The van der Waals surface area contributed by atoms with Crippen molar-refractivity contribution in [2.75, 3.05) is 11.1 Å². The van der Waals surface area contributed by atoms with Crippen molar-refractivity contribution in [3.05, 3.63) is 64.8 Å². The van der Waals surface area contributed by atoms with E-state index >= 15 is 0 Å². The van der Waals surface area contributed by atoms with Gasteiger partial charge in [-0.15, -0.1) is 10.2 Å². The van der Waals surface area contributed by atoms with E-state index in [-0.39, 0.29) is 11.7 Å². The van der Waals surface area contributed by atoms with Gasteiger partial charge >= 0.3 is 0 Å². The highest BCUT2D eigenvalue weighted by atomic mass is 32.2. The SMILES string of the molecule is Cc1cc(C)c(NC(=O)CSc2nnc(CCc3nc4ccccc4[nH]3)o2)c(C)c1. The van der Waals surface area contributed by atoms with Gasteiger partial charge in [-0.25, -0.2) is 4.98 Å². The minimum Gasteiger partial charge on any atom is -0.416 e. The van der Waals surface area contributed by atoms with Crippen molar-refractivity contribution >= 4 is 34.4 Å². The number of hydrogen-bond donors (Lipinski definition) is 2. The highest BCUT2D eigenvalue weighted by molar-refractivity contribution is 7.99. The lowest BCUT2D eigenvalue weighted by molar-refractivity contribution is -0.113. The number of hydrogen-bond acceptors (Lipinski definition) is 6. The lowest BCUT2D eigenvalue weighted by Crippen LogP contribution is -2.15. The van der Waals surface area contributed by atoms with Crippen LogP contribution in [-0.2, 0) is 17.6 Å². The molecule has 0 aliphatic heterocycles. The summed E-state index contributed by atoms with van der Waals surface area (Å²) in [7, 11) is 0. The second-order valence-corrected chi connectivity index (χ2v) is 8.20. The van der Waals surface area contributed by atoms with Crippen molar-refractivity contribution in [3.8, 4) is 0 Å². The zero-order chi connectivity index (χ0) is 21.1. The van der Waals surface area contributed by atoms with Gasteiger partial charge < -0.3 is 14.7 Å². The molecule has 4 aromatic rings. The molecule has 0 aliphatic rings. The number of nitrogens with zero attached hydrogens (tertiary/aromatic N) is 3. The van der Waals surface area contributed by atoms with Gasteiger partial charge in [0.2, 0.25) is 11.8 Å². The molecule has 0 unspecified atom stereocenters. The van der Waals surface area contributed by atoms with Crippen molar-refractivity contribution < 1.29 is 9.21 Å². The average molecular weight is 422 g/mol. The van der Waals surface area contributed by atoms with Gasteiger partial charge in [-0.3, -0.25) is 4.79 Å². The Balaban J connectivity index is 1.29. The van der Waals surface area contributed by atoms with E-state index < -0.39 is 0 Å². The highest BCUT2D eigenvalue weighted by Crippen LogP contribution is 2.23. The summed E-state index contributed by atoms with van der Waals surface area (Å²) in [6.45, 7) is 6.03. The summed E-state index contributed by atoms with van der Waals surface area (Å²) in [5.74, 6) is 1.52. The van der Waals surface area contributed by atoms with E-state index in [2.05, 4.69) is 37.6 Å². The molecular formula is C22H23N5O2S. The molecule has 7 nitrogen and oxygen atoms in total. The third-order valence-corrected chi connectivity index (χ3v) is 5.55. The van der Waals surface area contributed by atoms with Crippen LogP contribution < -0.4 is 5.32 Å². The van der Waals surface area contributed by atoms with Gasteiger partial charge in [-0.2, -0.15) is 0 Å². The fourth-order valence-corrected chi connectivity index (χ4v) is 4.01. The Hall–Kier alpha value is -3.13. The molecule has 0 radical (unpaired) electrons. The number of amides is 1. The van der Waals surface area contributed by atoms with Gasteiger partial charge in [-0.1, -0.05) is 41.6 Å². The summed E-state index contributed by atoms with van der Waals surface area (Å²) in [5.41, 5.74) is 6.10. The molecule has 0 atom stereocenters. The quantitative estimate of drug-likeness (QED) is 0.430. The fourth-order valence-electron chi connectivity index (χ4n) is 3.43. The van der Waals surface area contributed by atoms with Crippen LogP contribution >= 0.6 is 11.8 Å². The van der Waals surface area contributed by atoms with Crippen molar-refractivity contribution in [1.82, 2.24) is 20.2 Å². The number of fused-ring (bicyclic) bond motifs is 1. The zero-order valence-corrected chi connectivity index (χ0v) is 18.0. The second kappa shape index (κ2) is 8.71. The molecule has 30 heavy (non-hydrogen) atoms. The summed E-state index contributed by atoms with van der Waals surface area (Å²) in [4.78, 5) is 20.2. The summed E-state index contributed by atoms with van der Waals surface area (Å²) < 4.78 is 5.66. The monoisotopic (exact) mass is 421 g/mol. The number of imidazole rings is 1. The molecule has 0 spiro atoms. The largest absolute Gasteiger partial charge is 0.416 e. The molecule has 4 rings (SSSR count). The van der Waals surface area contributed by atoms with E-state index in [1.807, 2.05) is 45.0 Å². The number of aromatic amines is 1. The summed E-state index contributed by atoms with van der Waals surface area (Å²) in [6, 6.07) is 12.0. The highest BCUT2D eigenvalue weighted by Gasteiger charge is 2.13. The minimum absolute atomic E-state index is 0.0999. The van der Waals surface area contributed by atoms with Crippen molar-refractivity contribution in [1.29, 1.82) is 0 Å². The number of anilines is 1. The molecule has 2 aromatic heterocycles. The molecule has 0 saturated carbocycles. The Kier molecular flexibility index (Phi) is 5.85. The molecule has 1 amide bonds. The summed E-state index contributed by atoms with van der Waals surface area (Å²) >= 11 is 1.23. The average Bonchev–Trinajstić information content (AvgIpc) is 3.33. The molecule has 154 valence electrons. The molecule has 0 fully saturated rings. The maximum atomic E-state index is 12.3. The molecule has 2 heterocycles. The maximum Gasteiger partial charge on any atom is 0.277 e. The normalized spacial score (nSPS) is 11.2. The Bertz CT molecular complexity index is 1140. The van der Waals surface area contributed by atoms with Crippen LogP contribution in [0.1, 0.15) is 28.4 Å². The summed E-state index contributed by atoms with van der Waals surface area (Å²) in [5, 5.41) is 11.5. The Morgan fingerprint density at radius 3 is 2.63 bits per heavy atom. The lowest BCUT2D eigenvalue weighted by atomic mass is 10.1. The van der Waals surface area contributed by atoms with E-state index in [9.17, 15) is 4.79 Å². The molecular weight excluding hydrogens is 398 g/mol. The van der Waals surface area contributed by atoms with Crippen LogP contribution in [0.25, 0.3) is 11.0 Å². The van der Waals surface area contributed by atoms with Crippen molar-refractivity contribution in [2.45, 2.75) is 38.8 Å². The number of H-pyrrole nitrogens is 1. The molecule has 0 aliphatic carbocycles. The predicted octanol–water partition coefficient (Wildman–Crippen LogP) is 4.39. The number of thioether (sulfide) groups is 1. The van der Waals surface area contributed by atoms with Crippen LogP contribution in [0.3, 0.4) is 0 Å². The van der Waals surface area contributed by atoms with Crippen LogP contribution in [0, 0.1) is 20.8 Å². The second-order valence-electron chi connectivity index (χ2n) is 7.27. The molecule has 0 bridgehead atoms. The van der Waals surface area contributed by atoms with Gasteiger partial charge in [0.1, 0.15) is 5.82 Å². The van der Waals surface area contributed by atoms with E-state index in [0.717, 1.165) is 33.7 Å². The van der Waals surface area contributed by atoms with Gasteiger partial charge in [0, 0.05) is 18.5 Å². The van der Waals surface area contributed by atoms with E-state index in [1.165, 1.54) is 17.3 Å². The lowest BCUT2D eigenvalue weighted by Gasteiger charge is -2.12. The number of para-hydroxylation sites is 2. The third kappa shape index (κ3) is 4.71. The smallest absolute Gasteiger partial charge is 0.277 e. The van der Waals surface area contributed by atoms with Gasteiger partial charge in [0.25, 0.3) is 5.22 Å². The van der Waals surface area contributed by atoms with E-state index in [1.54, 1.807) is 0 Å². The first kappa shape index (κ1) is 20.2. The number of carbonyl (C=O) groups is 1. The Morgan fingerprint density at radius 2 is 1.87 bits per heavy atom. The fraction of sp³-hybridized carbons (Fsp3) is 0.273. The number of benzene rings is 2. The number of nitrogens with one attached hydrogen (secondary N) is 2. The molecule has 2 aromatic carbocycles. The maximum absolute atomic E-state index is 12.3. The third-order valence-electron chi connectivity index (χ3n) is 4.73. The van der Waals surface area contributed by atoms with Crippen LogP contribution in [0.2, 0.25) is 0 Å². The van der Waals surface area contributed by atoms with Crippen LogP contribution in [0.5, 0.6) is 0 Å². The van der Waals surface area contributed by atoms with E-state index in [0.29, 0.717) is 24.0 Å². The molecule has 0 saturated heterocycles. The van der Waals surface area contributed by atoms with Gasteiger partial charge in [0.05, 0.1) is 16.8 Å². The van der Waals surface area contributed by atoms with E-state index in [4.69, 9.17) is 4.42 Å². The minimum atomic E-state index is -0.0999. The number of carbonyl (C=O) groups excluding carboxylic acids is 1. The molecule has 8 heteroatoms. The Labute approximate surface area is 178 Å². The zero-order valence-electron chi connectivity index (χ0n) is 17.2. The first-order valence-corrected chi connectivity index (χ1v) is 10.7. The topological polar surface area (TPSA) is 96.7 Å². The van der Waals surface area contributed by atoms with Crippen molar-refractivity contribution in [2.24, 2.45) is 0 Å². The number of aromatic nitrogens is 4. The van der Waals surface area contributed by atoms with Crippen LogP contribution in [-0.4, -0.2) is 31.8 Å². The van der Waals surface area contributed by atoms with Crippen LogP contribution in [0.15, 0.2) is 46.0 Å². The first-order valence-electron chi connectivity index (χ1n) is 9.74. The van der Waals surface area contributed by atoms with Gasteiger partial charge in [-0.05, 0) is 44.0 Å². The molecule has 2 N–H and O–H groups in total. The Morgan fingerprint density at radius 1 is 1.10 bits per heavy atom. The first-order chi connectivity index (χ1) is 14.5. The number of rotatable bonds is 7.